The van der Waals surface area contributed by atoms with E-state index in [1.54, 1.807) is 36.7 Å². The van der Waals surface area contributed by atoms with Crippen molar-refractivity contribution in [3.63, 3.8) is 0 Å². The normalized spacial score (nSPS) is 17.9. The molecule has 2 aromatic carbocycles. The smallest absolute Gasteiger partial charge is 0.335 e. The third kappa shape index (κ3) is 5.94. The second-order valence-corrected chi connectivity index (χ2v) is 10.4. The number of nitrogens with zero attached hydrogens (tertiary/aromatic N) is 6. The van der Waals surface area contributed by atoms with E-state index >= 15 is 0 Å². The van der Waals surface area contributed by atoms with Gasteiger partial charge in [0.15, 0.2) is 0 Å². The van der Waals surface area contributed by atoms with Gasteiger partial charge >= 0.3 is 12.0 Å². The first kappa shape index (κ1) is 28.0. The zero-order valence-corrected chi connectivity index (χ0v) is 22.6. The molecule has 0 spiro atoms. The summed E-state index contributed by atoms with van der Waals surface area (Å²) in [5.74, 6) is -0.468. The van der Waals surface area contributed by atoms with E-state index in [0.29, 0.717) is 23.7 Å². The molecule has 4 heterocycles. The molecular weight excluding hydrogens is 541 g/mol. The van der Waals surface area contributed by atoms with Crippen molar-refractivity contribution >= 4 is 28.6 Å². The first-order valence-electron chi connectivity index (χ1n) is 13.0. The molecule has 1 atom stereocenters. The van der Waals surface area contributed by atoms with Gasteiger partial charge in [-0.3, -0.25) is 4.90 Å². The maximum absolute atomic E-state index is 14.0. The molecule has 6 rings (SSSR count). The summed E-state index contributed by atoms with van der Waals surface area (Å²) < 4.78 is 29.2. The number of ether oxygens (including phenoxy) is 2. The minimum atomic E-state index is -0.952. The summed E-state index contributed by atoms with van der Waals surface area (Å²) in [5.41, 5.74) is 2.25. The largest absolute Gasteiger partial charge is 0.478 e. The van der Waals surface area contributed by atoms with Gasteiger partial charge in [0.1, 0.15) is 24.6 Å². The Morgan fingerprint density at radius 3 is 2.67 bits per heavy atom. The van der Waals surface area contributed by atoms with Crippen molar-refractivity contribution in [2.24, 2.45) is 0 Å². The van der Waals surface area contributed by atoms with Gasteiger partial charge < -0.3 is 25.3 Å². The van der Waals surface area contributed by atoms with E-state index in [9.17, 15) is 14.3 Å². The van der Waals surface area contributed by atoms with E-state index in [0.717, 1.165) is 55.8 Å². The first-order valence-corrected chi connectivity index (χ1v) is 13.3. The summed E-state index contributed by atoms with van der Waals surface area (Å²) in [4.78, 5) is 23.0. The van der Waals surface area contributed by atoms with Crippen LogP contribution < -0.4 is 10.9 Å². The van der Waals surface area contributed by atoms with Gasteiger partial charge in [-0.15, -0.1) is 5.10 Å². The predicted octanol–water partition coefficient (Wildman–Crippen LogP) is 4.49. The second kappa shape index (κ2) is 11.9. The Kier molecular flexibility index (Phi) is 8.31. The van der Waals surface area contributed by atoms with Crippen molar-refractivity contribution in [2.45, 2.75) is 51.1 Å². The van der Waals surface area contributed by atoms with Crippen molar-refractivity contribution in [1.29, 1.82) is 0 Å². The monoisotopic (exact) mass is 571 g/mol. The lowest BCUT2D eigenvalue weighted by Gasteiger charge is -2.32. The molecule has 40 heavy (non-hydrogen) atoms. The summed E-state index contributed by atoms with van der Waals surface area (Å²) in [6, 6.07) is 9.92. The van der Waals surface area contributed by atoms with E-state index < -0.39 is 11.8 Å². The van der Waals surface area contributed by atoms with Crippen LogP contribution in [0, 0.1) is 5.82 Å². The molecule has 13 heteroatoms. The quantitative estimate of drug-likeness (QED) is 0.297. The van der Waals surface area contributed by atoms with Crippen LogP contribution in [-0.4, -0.2) is 66.1 Å². The van der Waals surface area contributed by atoms with Gasteiger partial charge in [-0.2, -0.15) is 4.98 Å². The van der Waals surface area contributed by atoms with Gasteiger partial charge in [0.05, 0.1) is 41.8 Å². The number of rotatable bonds is 9. The second-order valence-electron chi connectivity index (χ2n) is 9.97. The number of likely N-dealkylation sites (tertiary alicyclic amines) is 1. The van der Waals surface area contributed by atoms with Crippen LogP contribution in [0.2, 0.25) is 5.02 Å². The van der Waals surface area contributed by atoms with Crippen LogP contribution in [0.5, 0.6) is 6.01 Å². The van der Waals surface area contributed by atoms with Gasteiger partial charge in [-0.05, 0) is 49.6 Å². The van der Waals surface area contributed by atoms with Crippen LogP contribution in [0.15, 0.2) is 42.7 Å². The summed E-state index contributed by atoms with van der Waals surface area (Å²) in [6.07, 6.45) is 4.53. The van der Waals surface area contributed by atoms with Gasteiger partial charge in [0, 0.05) is 30.3 Å². The standard InChI is InChI=1S/C27H28ClFN6O4.H3N/c28-19-3-1-18(22(29)12-19)15-39-27-30-16-35(32-27)20-5-8-33(9-6-20)14-25-31-23-4-2-17(26(36)37)11-24(23)34(25)13-21-7-10-38-21;/h1-4,11-12,16,20-21H,5-10,13-15H2,(H,36,37);1H3/t21-;/m0./s1. The third-order valence-corrected chi connectivity index (χ3v) is 7.64. The molecule has 4 aromatic rings. The van der Waals surface area contributed by atoms with E-state index in [1.165, 1.54) is 6.07 Å². The number of fused-ring (bicyclic) bond motifs is 1. The number of carboxylic acids is 1. The molecule has 2 aliphatic rings. The fraction of sp³-hybridized carbons (Fsp3) is 0.407. The summed E-state index contributed by atoms with van der Waals surface area (Å²) in [5, 5.41) is 14.3. The summed E-state index contributed by atoms with van der Waals surface area (Å²) in [7, 11) is 0. The molecule has 0 saturated carbocycles. The number of benzene rings is 2. The lowest BCUT2D eigenvalue weighted by molar-refractivity contribution is -0.0592. The lowest BCUT2D eigenvalue weighted by Crippen LogP contribution is -2.36. The number of hydrogen-bond donors (Lipinski definition) is 2. The number of hydrogen-bond acceptors (Lipinski definition) is 8. The van der Waals surface area contributed by atoms with Crippen molar-refractivity contribution in [3.05, 3.63) is 70.5 Å². The molecule has 11 nitrogen and oxygen atoms in total. The molecule has 2 aliphatic heterocycles. The Labute approximate surface area is 235 Å². The predicted molar refractivity (Wildman–Crippen MR) is 145 cm³/mol. The highest BCUT2D eigenvalue weighted by Gasteiger charge is 2.26. The SMILES string of the molecule is N.O=C(O)c1ccc2nc(CN3CCC(n4cnc(OCc5ccc(Cl)cc5F)n4)CC3)n(C[C@@H]3CCO3)c2c1. The minimum Gasteiger partial charge on any atom is -0.478 e. The van der Waals surface area contributed by atoms with E-state index in [1.807, 2.05) is 4.68 Å². The third-order valence-electron chi connectivity index (χ3n) is 7.41. The Hall–Kier alpha value is -3.58. The highest BCUT2D eigenvalue weighted by molar-refractivity contribution is 6.30. The number of halogens is 2. The molecule has 0 amide bonds. The Balaban J connectivity index is 0.00000323. The number of carbonyl (C=O) groups is 1. The zero-order valence-electron chi connectivity index (χ0n) is 21.9. The number of carboxylic acid groups (broad SMARTS) is 1. The number of piperidine rings is 1. The Bertz CT molecular complexity index is 1500. The highest BCUT2D eigenvalue weighted by atomic mass is 35.5. The molecule has 0 bridgehead atoms. The van der Waals surface area contributed by atoms with Gasteiger partial charge in [0.2, 0.25) is 0 Å². The maximum Gasteiger partial charge on any atom is 0.335 e. The Morgan fingerprint density at radius 1 is 1.18 bits per heavy atom. The van der Waals surface area contributed by atoms with Gasteiger partial charge in [0.25, 0.3) is 0 Å². The van der Waals surface area contributed by atoms with Crippen LogP contribution in [0.3, 0.4) is 0 Å². The molecular formula is C27H31ClFN7O4. The van der Waals surface area contributed by atoms with Crippen LogP contribution in [0.25, 0.3) is 11.0 Å². The molecule has 212 valence electrons. The number of aromatic carboxylic acids is 1. The van der Waals surface area contributed by atoms with Crippen molar-refractivity contribution in [1.82, 2.24) is 35.4 Å². The van der Waals surface area contributed by atoms with Gasteiger partial charge in [-0.25, -0.2) is 18.9 Å². The van der Waals surface area contributed by atoms with Crippen molar-refractivity contribution in [3.8, 4) is 6.01 Å². The van der Waals surface area contributed by atoms with E-state index in [2.05, 4.69) is 19.5 Å². The molecule has 2 fully saturated rings. The van der Waals surface area contributed by atoms with Crippen molar-refractivity contribution in [2.75, 3.05) is 19.7 Å². The van der Waals surface area contributed by atoms with Crippen LogP contribution in [0.1, 0.15) is 47.1 Å². The summed E-state index contributed by atoms with van der Waals surface area (Å²) in [6.45, 7) is 3.79. The average molecular weight is 572 g/mol. The molecule has 0 unspecified atom stereocenters. The van der Waals surface area contributed by atoms with Crippen molar-refractivity contribution < 1.29 is 23.8 Å². The molecule has 0 radical (unpaired) electrons. The van der Waals surface area contributed by atoms with Crippen LogP contribution in [0.4, 0.5) is 4.39 Å². The van der Waals surface area contributed by atoms with E-state index in [4.69, 9.17) is 26.1 Å². The zero-order chi connectivity index (χ0) is 26.9. The number of imidazole rings is 1. The molecule has 2 aromatic heterocycles. The first-order chi connectivity index (χ1) is 18.9. The molecule has 4 N–H and O–H groups in total. The Morgan fingerprint density at radius 2 is 1.98 bits per heavy atom. The maximum atomic E-state index is 14.0. The minimum absolute atomic E-state index is 0. The van der Waals surface area contributed by atoms with Crippen LogP contribution >= 0.6 is 11.6 Å². The molecule has 2 saturated heterocycles. The highest BCUT2D eigenvalue weighted by Crippen LogP contribution is 2.27. The lowest BCUT2D eigenvalue weighted by atomic mass is 10.1. The topological polar surface area (TPSA) is 143 Å². The molecule has 0 aliphatic carbocycles. The fourth-order valence-corrected chi connectivity index (χ4v) is 5.25. The van der Waals surface area contributed by atoms with Gasteiger partial charge in [-0.1, -0.05) is 17.7 Å². The van der Waals surface area contributed by atoms with Crippen LogP contribution in [-0.2, 0) is 24.4 Å². The average Bonchev–Trinajstić information content (AvgIpc) is 3.50. The number of aromatic nitrogens is 5. The summed E-state index contributed by atoms with van der Waals surface area (Å²) >= 11 is 5.81. The van der Waals surface area contributed by atoms with E-state index in [-0.39, 0.29) is 36.5 Å². The fourth-order valence-electron chi connectivity index (χ4n) is 5.09.